The maximum absolute atomic E-state index is 5.74. The van der Waals surface area contributed by atoms with Crippen molar-refractivity contribution >= 4 is 17.5 Å². The second-order valence-corrected chi connectivity index (χ2v) is 4.17. The van der Waals surface area contributed by atoms with Crippen molar-refractivity contribution in [1.29, 1.82) is 0 Å². The van der Waals surface area contributed by atoms with E-state index >= 15 is 0 Å². The molecule has 96 valence electrons. The van der Waals surface area contributed by atoms with Crippen molar-refractivity contribution in [3.8, 4) is 5.88 Å². The van der Waals surface area contributed by atoms with Crippen LogP contribution in [0.2, 0.25) is 0 Å². The maximum atomic E-state index is 5.74. The first-order chi connectivity index (χ1) is 8.30. The number of alkyl halides is 1. The van der Waals surface area contributed by atoms with Crippen LogP contribution in [0.1, 0.15) is 33.1 Å². The third kappa shape index (κ3) is 5.22. The number of nitrogens with zero attached hydrogens (tertiary/aromatic N) is 2. The summed E-state index contributed by atoms with van der Waals surface area (Å²) in [5, 5.41) is 3.26. The molecule has 1 rings (SSSR count). The maximum Gasteiger partial charge on any atom is 0.226 e. The Balaban J connectivity index is 2.57. The van der Waals surface area contributed by atoms with Gasteiger partial charge in [-0.2, -0.15) is 4.98 Å². The van der Waals surface area contributed by atoms with E-state index in [1.165, 1.54) is 0 Å². The molecule has 0 fully saturated rings. The van der Waals surface area contributed by atoms with Crippen molar-refractivity contribution in [2.75, 3.05) is 17.8 Å². The molecule has 0 aliphatic heterocycles. The Morgan fingerprint density at radius 2 is 2.29 bits per heavy atom. The SMILES string of the molecule is CCCOc1ccnc(NC(CC)CCCl)n1. The van der Waals surface area contributed by atoms with Crippen molar-refractivity contribution < 1.29 is 4.74 Å². The van der Waals surface area contributed by atoms with Gasteiger partial charge in [0.1, 0.15) is 0 Å². The summed E-state index contributed by atoms with van der Waals surface area (Å²) in [5.41, 5.74) is 0. The smallest absolute Gasteiger partial charge is 0.226 e. The van der Waals surface area contributed by atoms with E-state index < -0.39 is 0 Å². The lowest BCUT2D eigenvalue weighted by Gasteiger charge is -2.15. The molecule has 0 saturated carbocycles. The first kappa shape index (κ1) is 14.0. The zero-order valence-electron chi connectivity index (χ0n) is 10.4. The number of aromatic nitrogens is 2. The summed E-state index contributed by atoms with van der Waals surface area (Å²) in [6.07, 6.45) is 4.57. The zero-order chi connectivity index (χ0) is 12.5. The van der Waals surface area contributed by atoms with Crippen molar-refractivity contribution in [1.82, 2.24) is 9.97 Å². The second kappa shape index (κ2) is 8.12. The molecule has 0 saturated heterocycles. The lowest BCUT2D eigenvalue weighted by atomic mass is 10.2. The van der Waals surface area contributed by atoms with Crippen molar-refractivity contribution in [2.24, 2.45) is 0 Å². The van der Waals surface area contributed by atoms with E-state index in [1.54, 1.807) is 12.3 Å². The van der Waals surface area contributed by atoms with Crippen molar-refractivity contribution in [3.63, 3.8) is 0 Å². The summed E-state index contributed by atoms with van der Waals surface area (Å²) in [7, 11) is 0. The van der Waals surface area contributed by atoms with Crippen LogP contribution in [0.25, 0.3) is 0 Å². The van der Waals surface area contributed by atoms with E-state index in [0.29, 0.717) is 30.4 Å². The van der Waals surface area contributed by atoms with Gasteiger partial charge in [-0.15, -0.1) is 11.6 Å². The summed E-state index contributed by atoms with van der Waals surface area (Å²) < 4.78 is 5.45. The minimum atomic E-state index is 0.314. The van der Waals surface area contributed by atoms with Crippen molar-refractivity contribution in [2.45, 2.75) is 39.2 Å². The van der Waals surface area contributed by atoms with Crippen LogP contribution in [0.15, 0.2) is 12.3 Å². The van der Waals surface area contributed by atoms with E-state index in [-0.39, 0.29) is 0 Å². The van der Waals surface area contributed by atoms with Crippen LogP contribution >= 0.6 is 11.6 Å². The van der Waals surface area contributed by atoms with Gasteiger partial charge in [-0.25, -0.2) is 4.98 Å². The molecule has 0 aromatic carbocycles. The van der Waals surface area contributed by atoms with Gasteiger partial charge in [0.15, 0.2) is 0 Å². The third-order valence-corrected chi connectivity index (χ3v) is 2.59. The number of rotatable bonds is 8. The fourth-order valence-electron chi connectivity index (χ4n) is 1.39. The molecule has 0 radical (unpaired) electrons. The van der Waals surface area contributed by atoms with E-state index in [2.05, 4.69) is 29.1 Å². The summed E-state index contributed by atoms with van der Waals surface area (Å²) in [6, 6.07) is 2.08. The third-order valence-electron chi connectivity index (χ3n) is 2.37. The molecular formula is C12H20ClN3O. The Hall–Kier alpha value is -1.03. The van der Waals surface area contributed by atoms with E-state index in [4.69, 9.17) is 16.3 Å². The van der Waals surface area contributed by atoms with Crippen LogP contribution in [0, 0.1) is 0 Å². The molecule has 4 nitrogen and oxygen atoms in total. The van der Waals surface area contributed by atoms with Crippen LogP contribution in [-0.2, 0) is 0 Å². The Kier molecular flexibility index (Phi) is 6.70. The van der Waals surface area contributed by atoms with Crippen LogP contribution in [0.3, 0.4) is 0 Å². The Morgan fingerprint density at radius 3 is 2.94 bits per heavy atom. The molecule has 5 heteroatoms. The van der Waals surface area contributed by atoms with Crippen LogP contribution in [0.5, 0.6) is 5.88 Å². The van der Waals surface area contributed by atoms with Gasteiger partial charge >= 0.3 is 0 Å². The highest BCUT2D eigenvalue weighted by molar-refractivity contribution is 6.17. The monoisotopic (exact) mass is 257 g/mol. The minimum absolute atomic E-state index is 0.314. The highest BCUT2D eigenvalue weighted by Crippen LogP contribution is 2.12. The van der Waals surface area contributed by atoms with Crippen LogP contribution in [-0.4, -0.2) is 28.5 Å². The topological polar surface area (TPSA) is 47.0 Å². The summed E-state index contributed by atoms with van der Waals surface area (Å²) in [5.74, 6) is 1.86. The Bertz CT molecular complexity index is 322. The Labute approximate surface area is 108 Å². The molecule has 1 aromatic rings. The number of hydrogen-bond acceptors (Lipinski definition) is 4. The molecule has 1 N–H and O–H groups in total. The molecule has 0 amide bonds. The molecule has 17 heavy (non-hydrogen) atoms. The van der Waals surface area contributed by atoms with Gasteiger partial charge in [-0.05, 0) is 19.3 Å². The number of hydrogen-bond donors (Lipinski definition) is 1. The molecule has 0 bridgehead atoms. The van der Waals surface area contributed by atoms with E-state index in [1.807, 2.05) is 0 Å². The molecular weight excluding hydrogens is 238 g/mol. The first-order valence-electron chi connectivity index (χ1n) is 6.08. The summed E-state index contributed by atoms with van der Waals surface area (Å²) >= 11 is 5.74. The van der Waals surface area contributed by atoms with E-state index in [0.717, 1.165) is 19.3 Å². The lowest BCUT2D eigenvalue weighted by Crippen LogP contribution is -2.20. The fourth-order valence-corrected chi connectivity index (χ4v) is 1.65. The predicted octanol–water partition coefficient (Wildman–Crippen LogP) is 3.08. The van der Waals surface area contributed by atoms with Crippen LogP contribution < -0.4 is 10.1 Å². The fraction of sp³-hybridized carbons (Fsp3) is 0.667. The first-order valence-corrected chi connectivity index (χ1v) is 6.61. The van der Waals surface area contributed by atoms with Crippen LogP contribution in [0.4, 0.5) is 5.95 Å². The molecule has 1 atom stereocenters. The average Bonchev–Trinajstić information content (AvgIpc) is 2.36. The number of nitrogens with one attached hydrogen (secondary N) is 1. The summed E-state index contributed by atoms with van der Waals surface area (Å²) in [4.78, 5) is 8.46. The van der Waals surface area contributed by atoms with Gasteiger partial charge in [0.2, 0.25) is 11.8 Å². The minimum Gasteiger partial charge on any atom is -0.478 e. The molecule has 1 unspecified atom stereocenters. The lowest BCUT2D eigenvalue weighted by molar-refractivity contribution is 0.305. The highest BCUT2D eigenvalue weighted by atomic mass is 35.5. The molecule has 0 aliphatic carbocycles. The standard InChI is InChI=1S/C12H20ClN3O/c1-3-9-17-11-6-8-14-12(16-11)15-10(4-2)5-7-13/h6,8,10H,3-5,7,9H2,1-2H3,(H,14,15,16). The van der Waals surface area contributed by atoms with Crippen molar-refractivity contribution in [3.05, 3.63) is 12.3 Å². The average molecular weight is 258 g/mol. The number of ether oxygens (including phenoxy) is 1. The molecule has 1 heterocycles. The summed E-state index contributed by atoms with van der Waals surface area (Å²) in [6.45, 7) is 4.85. The highest BCUT2D eigenvalue weighted by Gasteiger charge is 2.07. The second-order valence-electron chi connectivity index (χ2n) is 3.79. The van der Waals surface area contributed by atoms with Gasteiger partial charge in [-0.3, -0.25) is 0 Å². The normalized spacial score (nSPS) is 12.2. The predicted molar refractivity (Wildman–Crippen MR) is 70.9 cm³/mol. The van der Waals surface area contributed by atoms with Gasteiger partial charge in [0, 0.05) is 24.2 Å². The number of anilines is 1. The van der Waals surface area contributed by atoms with Gasteiger partial charge in [0.05, 0.1) is 6.61 Å². The van der Waals surface area contributed by atoms with Gasteiger partial charge in [-0.1, -0.05) is 13.8 Å². The molecule has 1 aromatic heterocycles. The van der Waals surface area contributed by atoms with E-state index in [9.17, 15) is 0 Å². The molecule has 0 spiro atoms. The Morgan fingerprint density at radius 1 is 1.47 bits per heavy atom. The zero-order valence-corrected chi connectivity index (χ0v) is 11.2. The quantitative estimate of drug-likeness (QED) is 0.727. The van der Waals surface area contributed by atoms with Gasteiger partial charge in [0.25, 0.3) is 0 Å². The largest absolute Gasteiger partial charge is 0.478 e. The van der Waals surface area contributed by atoms with Gasteiger partial charge < -0.3 is 10.1 Å². The molecule has 0 aliphatic rings. The number of halogens is 1.